The fourth-order valence-corrected chi connectivity index (χ4v) is 2.19. The van der Waals surface area contributed by atoms with E-state index in [0.29, 0.717) is 12.1 Å². The van der Waals surface area contributed by atoms with Crippen molar-refractivity contribution in [2.24, 2.45) is 0 Å². The highest BCUT2D eigenvalue weighted by Gasteiger charge is 2.28. The number of likely N-dealkylation sites (N-methyl/N-ethyl adjacent to an activating group) is 1. The Morgan fingerprint density at radius 2 is 2.00 bits per heavy atom. The van der Waals surface area contributed by atoms with E-state index >= 15 is 0 Å². The number of carbonyl (C=O) groups is 1. The second-order valence-electron chi connectivity index (χ2n) is 4.44. The van der Waals surface area contributed by atoms with Gasteiger partial charge in [-0.15, -0.1) is 0 Å². The molecule has 1 fully saturated rings. The van der Waals surface area contributed by atoms with Gasteiger partial charge < -0.3 is 4.90 Å². The molecule has 0 radical (unpaired) electrons. The first-order valence-electron chi connectivity index (χ1n) is 5.69. The molecule has 0 saturated carbocycles. The van der Waals surface area contributed by atoms with Crippen LogP contribution in [0.1, 0.15) is 17.9 Å². The first kappa shape index (κ1) is 12.3. The Morgan fingerprint density at radius 1 is 1.39 bits per heavy atom. The monoisotopic (exact) mass is 246 g/mol. The van der Waals surface area contributed by atoms with Crippen LogP contribution in [0.5, 0.6) is 0 Å². The SMILES string of the molecule is C=C1C(=O)N(C)CC[C@H]1c1ccc([N+](=O)[O-])cc1. The number of hydrogen-bond donors (Lipinski definition) is 0. The van der Waals surface area contributed by atoms with E-state index in [0.717, 1.165) is 12.0 Å². The average Bonchev–Trinajstić information content (AvgIpc) is 2.36. The molecule has 1 saturated heterocycles. The van der Waals surface area contributed by atoms with Crippen molar-refractivity contribution >= 4 is 11.6 Å². The molecule has 1 amide bonds. The first-order valence-corrected chi connectivity index (χ1v) is 5.69. The van der Waals surface area contributed by atoms with Gasteiger partial charge in [0.25, 0.3) is 5.69 Å². The maximum Gasteiger partial charge on any atom is 0.269 e. The molecule has 2 rings (SSSR count). The third kappa shape index (κ3) is 2.11. The molecule has 18 heavy (non-hydrogen) atoms. The van der Waals surface area contributed by atoms with Gasteiger partial charge in [0.15, 0.2) is 0 Å². The number of likely N-dealkylation sites (tertiary alicyclic amines) is 1. The summed E-state index contributed by atoms with van der Waals surface area (Å²) in [5.41, 5.74) is 1.52. The minimum absolute atomic E-state index is 0.0329. The van der Waals surface area contributed by atoms with Crippen LogP contribution in [-0.2, 0) is 4.79 Å². The zero-order chi connectivity index (χ0) is 13.3. The summed E-state index contributed by atoms with van der Waals surface area (Å²) >= 11 is 0. The Balaban J connectivity index is 2.24. The second-order valence-corrected chi connectivity index (χ2v) is 4.44. The topological polar surface area (TPSA) is 63.5 Å². The first-order chi connectivity index (χ1) is 8.50. The lowest BCUT2D eigenvalue weighted by Gasteiger charge is -2.30. The van der Waals surface area contributed by atoms with E-state index < -0.39 is 4.92 Å². The van der Waals surface area contributed by atoms with Crippen LogP contribution in [0, 0.1) is 10.1 Å². The summed E-state index contributed by atoms with van der Waals surface area (Å²) < 4.78 is 0. The Bertz CT molecular complexity index is 507. The van der Waals surface area contributed by atoms with Gasteiger partial charge in [-0.1, -0.05) is 18.7 Å². The molecule has 1 atom stereocenters. The van der Waals surface area contributed by atoms with E-state index in [4.69, 9.17) is 0 Å². The summed E-state index contributed by atoms with van der Waals surface area (Å²) in [7, 11) is 1.75. The summed E-state index contributed by atoms with van der Waals surface area (Å²) in [6, 6.07) is 6.33. The van der Waals surface area contributed by atoms with Crippen molar-refractivity contribution in [2.45, 2.75) is 12.3 Å². The van der Waals surface area contributed by atoms with Crippen molar-refractivity contribution in [3.63, 3.8) is 0 Å². The van der Waals surface area contributed by atoms with Gasteiger partial charge in [-0.2, -0.15) is 0 Å². The standard InChI is InChI=1S/C13H14N2O3/c1-9-12(7-8-14(2)13(9)16)10-3-5-11(6-4-10)15(17)18/h3-6,12H,1,7-8H2,2H3/t12-/m1/s1. The van der Waals surface area contributed by atoms with Crippen LogP contribution in [0.25, 0.3) is 0 Å². The van der Waals surface area contributed by atoms with Crippen LogP contribution < -0.4 is 0 Å². The third-order valence-electron chi connectivity index (χ3n) is 3.30. The molecule has 0 N–H and O–H groups in total. The van der Waals surface area contributed by atoms with Crippen LogP contribution in [0.4, 0.5) is 5.69 Å². The Hall–Kier alpha value is -2.17. The molecule has 1 aliphatic rings. The zero-order valence-electron chi connectivity index (χ0n) is 10.1. The van der Waals surface area contributed by atoms with Gasteiger partial charge in [-0.25, -0.2) is 0 Å². The normalized spacial score (nSPS) is 20.1. The van der Waals surface area contributed by atoms with Gasteiger partial charge in [0, 0.05) is 37.2 Å². The van der Waals surface area contributed by atoms with E-state index in [2.05, 4.69) is 6.58 Å². The largest absolute Gasteiger partial charge is 0.342 e. The molecule has 5 nitrogen and oxygen atoms in total. The lowest BCUT2D eigenvalue weighted by Crippen LogP contribution is -2.36. The molecule has 94 valence electrons. The van der Waals surface area contributed by atoms with Crippen LogP contribution in [0.15, 0.2) is 36.4 Å². The minimum atomic E-state index is -0.432. The number of carbonyl (C=O) groups excluding carboxylic acids is 1. The van der Waals surface area contributed by atoms with E-state index in [1.54, 1.807) is 24.1 Å². The molecule has 0 unspecified atom stereocenters. The van der Waals surface area contributed by atoms with Crippen molar-refractivity contribution < 1.29 is 9.72 Å². The Labute approximate surface area is 105 Å². The maximum absolute atomic E-state index is 11.8. The highest BCUT2D eigenvalue weighted by molar-refractivity contribution is 5.95. The highest BCUT2D eigenvalue weighted by Crippen LogP contribution is 2.32. The van der Waals surface area contributed by atoms with Crippen molar-refractivity contribution in [1.29, 1.82) is 0 Å². The number of rotatable bonds is 2. The number of nitro benzene ring substituents is 1. The second kappa shape index (κ2) is 4.60. The molecule has 1 aliphatic heterocycles. The molecule has 1 aromatic carbocycles. The van der Waals surface area contributed by atoms with Gasteiger partial charge in [0.1, 0.15) is 0 Å². The fourth-order valence-electron chi connectivity index (χ4n) is 2.19. The third-order valence-corrected chi connectivity index (χ3v) is 3.30. The van der Waals surface area contributed by atoms with Crippen LogP contribution >= 0.6 is 0 Å². The summed E-state index contributed by atoms with van der Waals surface area (Å²) in [4.78, 5) is 23.6. The average molecular weight is 246 g/mol. The summed E-state index contributed by atoms with van der Waals surface area (Å²) in [6.07, 6.45) is 0.804. The quantitative estimate of drug-likeness (QED) is 0.456. The minimum Gasteiger partial charge on any atom is -0.342 e. The smallest absolute Gasteiger partial charge is 0.269 e. The molecular formula is C13H14N2O3. The van der Waals surface area contributed by atoms with Gasteiger partial charge >= 0.3 is 0 Å². The van der Waals surface area contributed by atoms with Gasteiger partial charge in [0.05, 0.1) is 4.92 Å². The van der Waals surface area contributed by atoms with E-state index in [1.807, 2.05) is 0 Å². The molecule has 1 aromatic rings. The van der Waals surface area contributed by atoms with Crippen LogP contribution in [-0.4, -0.2) is 29.3 Å². The van der Waals surface area contributed by atoms with Gasteiger partial charge in [-0.05, 0) is 12.0 Å². The predicted octanol–water partition coefficient (Wildman–Crippen LogP) is 2.10. The van der Waals surface area contributed by atoms with Crippen molar-refractivity contribution in [2.75, 3.05) is 13.6 Å². The number of piperidine rings is 1. The highest BCUT2D eigenvalue weighted by atomic mass is 16.6. The number of amides is 1. The molecular weight excluding hydrogens is 232 g/mol. The summed E-state index contributed by atoms with van der Waals surface area (Å²) in [5, 5.41) is 10.6. The fraction of sp³-hybridized carbons (Fsp3) is 0.308. The zero-order valence-corrected chi connectivity index (χ0v) is 10.1. The Kier molecular flexibility index (Phi) is 3.14. The van der Waals surface area contributed by atoms with E-state index in [-0.39, 0.29) is 17.5 Å². The molecule has 0 aromatic heterocycles. The number of non-ortho nitro benzene ring substituents is 1. The van der Waals surface area contributed by atoms with Crippen molar-refractivity contribution in [3.05, 3.63) is 52.1 Å². The Morgan fingerprint density at radius 3 is 2.56 bits per heavy atom. The van der Waals surface area contributed by atoms with Crippen LogP contribution in [0.2, 0.25) is 0 Å². The molecule has 1 heterocycles. The van der Waals surface area contributed by atoms with Gasteiger partial charge in [0.2, 0.25) is 5.91 Å². The van der Waals surface area contributed by atoms with Gasteiger partial charge in [-0.3, -0.25) is 14.9 Å². The number of nitrogens with zero attached hydrogens (tertiary/aromatic N) is 2. The molecule has 0 spiro atoms. The van der Waals surface area contributed by atoms with Crippen molar-refractivity contribution in [3.8, 4) is 0 Å². The summed E-state index contributed by atoms with van der Waals surface area (Å²) in [5.74, 6) is -0.0842. The van der Waals surface area contributed by atoms with E-state index in [9.17, 15) is 14.9 Å². The maximum atomic E-state index is 11.8. The molecule has 0 bridgehead atoms. The van der Waals surface area contributed by atoms with Crippen LogP contribution in [0.3, 0.4) is 0 Å². The number of nitro groups is 1. The summed E-state index contributed by atoms with van der Waals surface area (Å²) in [6.45, 7) is 4.52. The predicted molar refractivity (Wildman–Crippen MR) is 67.2 cm³/mol. The molecule has 0 aliphatic carbocycles. The molecule has 5 heteroatoms. The number of hydrogen-bond acceptors (Lipinski definition) is 3. The number of benzene rings is 1. The lowest BCUT2D eigenvalue weighted by atomic mass is 9.85. The lowest BCUT2D eigenvalue weighted by molar-refractivity contribution is -0.384. The van der Waals surface area contributed by atoms with E-state index in [1.165, 1.54) is 12.1 Å². The van der Waals surface area contributed by atoms with Crippen molar-refractivity contribution in [1.82, 2.24) is 4.90 Å².